The van der Waals surface area contributed by atoms with E-state index in [9.17, 15) is 4.79 Å². The van der Waals surface area contributed by atoms with Crippen molar-refractivity contribution in [2.24, 2.45) is 11.8 Å². The summed E-state index contributed by atoms with van der Waals surface area (Å²) in [5.41, 5.74) is 0.914. The van der Waals surface area contributed by atoms with Crippen LogP contribution >= 0.6 is 12.2 Å². The third-order valence-corrected chi connectivity index (χ3v) is 3.19. The molecule has 0 bridgehead atoms. The van der Waals surface area contributed by atoms with Crippen LogP contribution in [0.5, 0.6) is 0 Å². The van der Waals surface area contributed by atoms with Gasteiger partial charge in [0.15, 0.2) is 0 Å². The number of hydrogen-bond acceptors (Lipinski definition) is 3. The Morgan fingerprint density at radius 2 is 2.06 bits per heavy atom. The highest BCUT2D eigenvalue weighted by molar-refractivity contribution is 7.80. The summed E-state index contributed by atoms with van der Waals surface area (Å²) in [5.74, 6) is -2.19. The van der Waals surface area contributed by atoms with E-state index in [4.69, 9.17) is 22.6 Å². The molecule has 1 aromatic carbocycles. The Morgan fingerprint density at radius 3 is 2.53 bits per heavy atom. The number of carboxylic acids is 1. The normalized spacial score (nSPS) is 13.4. The zero-order valence-corrected chi connectivity index (χ0v) is 10.3. The number of nitriles is 1. The van der Waals surface area contributed by atoms with Crippen molar-refractivity contribution in [2.45, 2.75) is 13.3 Å². The zero-order valence-electron chi connectivity index (χ0n) is 9.46. The molecular weight excluding hydrogens is 234 g/mol. The molecule has 1 aromatic rings. The maximum absolute atomic E-state index is 10.8. The number of hydrogen-bond donors (Lipinski definition) is 1. The van der Waals surface area contributed by atoms with Gasteiger partial charge in [-0.15, -0.1) is 0 Å². The quantitative estimate of drug-likeness (QED) is 0.642. The average Bonchev–Trinajstić information content (AvgIpc) is 2.35. The van der Waals surface area contributed by atoms with Crippen LogP contribution < -0.4 is 0 Å². The van der Waals surface area contributed by atoms with E-state index in [1.165, 1.54) is 0 Å². The molecule has 2 atom stereocenters. The number of benzene rings is 1. The van der Waals surface area contributed by atoms with Gasteiger partial charge in [-0.25, -0.2) is 0 Å². The van der Waals surface area contributed by atoms with Gasteiger partial charge in [-0.3, -0.25) is 4.79 Å². The van der Waals surface area contributed by atoms with Crippen molar-refractivity contribution < 1.29 is 9.90 Å². The van der Waals surface area contributed by atoms with E-state index < -0.39 is 11.9 Å². The van der Waals surface area contributed by atoms with Gasteiger partial charge in [-0.2, -0.15) is 5.26 Å². The molecule has 0 fully saturated rings. The summed E-state index contributed by atoms with van der Waals surface area (Å²) in [6.45, 7) is 1.85. The van der Waals surface area contributed by atoms with E-state index in [1.807, 2.05) is 37.3 Å². The van der Waals surface area contributed by atoms with Crippen LogP contribution in [-0.2, 0) is 4.79 Å². The lowest BCUT2D eigenvalue weighted by atomic mass is 9.91. The molecule has 2 unspecified atom stereocenters. The summed E-state index contributed by atoms with van der Waals surface area (Å²) in [6.07, 6.45) is 0.250. The second-order valence-corrected chi connectivity index (χ2v) is 4.33. The summed E-state index contributed by atoms with van der Waals surface area (Å²) in [5, 5.41) is 17.5. The molecule has 0 amide bonds. The molecule has 0 heterocycles. The fourth-order valence-electron chi connectivity index (χ4n) is 1.56. The smallest absolute Gasteiger partial charge is 0.320 e. The van der Waals surface area contributed by atoms with E-state index in [-0.39, 0.29) is 12.3 Å². The van der Waals surface area contributed by atoms with Gasteiger partial charge in [0.25, 0.3) is 0 Å². The Morgan fingerprint density at radius 1 is 1.47 bits per heavy atom. The van der Waals surface area contributed by atoms with E-state index >= 15 is 0 Å². The van der Waals surface area contributed by atoms with Crippen molar-refractivity contribution in [2.75, 3.05) is 0 Å². The SMILES string of the molecule is CC(CC(C#N)C(=O)O)C(=S)c1ccccc1. The highest BCUT2D eigenvalue weighted by Gasteiger charge is 2.22. The zero-order chi connectivity index (χ0) is 12.8. The number of rotatable bonds is 5. The summed E-state index contributed by atoms with van der Waals surface area (Å²) < 4.78 is 0. The monoisotopic (exact) mass is 247 g/mol. The molecule has 1 rings (SSSR count). The van der Waals surface area contributed by atoms with Crippen LogP contribution in [0.2, 0.25) is 0 Å². The minimum atomic E-state index is -1.09. The molecule has 0 aliphatic carbocycles. The van der Waals surface area contributed by atoms with E-state index in [2.05, 4.69) is 0 Å². The molecule has 0 spiro atoms. The molecule has 0 saturated carbocycles. The number of nitrogens with zero attached hydrogens (tertiary/aromatic N) is 1. The van der Waals surface area contributed by atoms with Gasteiger partial charge in [-0.05, 0) is 17.9 Å². The summed E-state index contributed by atoms with van der Waals surface area (Å²) in [7, 11) is 0. The van der Waals surface area contributed by atoms with Crippen LogP contribution in [0, 0.1) is 23.2 Å². The van der Waals surface area contributed by atoms with Crippen LogP contribution in [0.1, 0.15) is 18.9 Å². The highest BCUT2D eigenvalue weighted by Crippen LogP contribution is 2.18. The summed E-state index contributed by atoms with van der Waals surface area (Å²) in [6, 6.07) is 11.2. The standard InChI is InChI=1S/C13H13NO2S/c1-9(7-11(8-14)13(15)16)12(17)10-5-3-2-4-6-10/h2-6,9,11H,7H2,1H3,(H,15,16). The van der Waals surface area contributed by atoms with Gasteiger partial charge >= 0.3 is 5.97 Å². The van der Waals surface area contributed by atoms with Crippen LogP contribution in [0.15, 0.2) is 30.3 Å². The topological polar surface area (TPSA) is 61.1 Å². The maximum atomic E-state index is 10.8. The van der Waals surface area contributed by atoms with Gasteiger partial charge in [0.2, 0.25) is 0 Å². The summed E-state index contributed by atoms with van der Waals surface area (Å²) in [4.78, 5) is 11.5. The first-order valence-corrected chi connectivity index (χ1v) is 5.68. The van der Waals surface area contributed by atoms with Crippen molar-refractivity contribution in [3.63, 3.8) is 0 Å². The minimum Gasteiger partial charge on any atom is -0.480 e. The van der Waals surface area contributed by atoms with Crippen LogP contribution in [0.4, 0.5) is 0 Å². The molecule has 88 valence electrons. The van der Waals surface area contributed by atoms with Crippen molar-refractivity contribution in [1.29, 1.82) is 5.26 Å². The maximum Gasteiger partial charge on any atom is 0.320 e. The van der Waals surface area contributed by atoms with Gasteiger partial charge in [-0.1, -0.05) is 49.5 Å². The number of aliphatic carboxylic acids is 1. The van der Waals surface area contributed by atoms with Crippen LogP contribution in [0.25, 0.3) is 0 Å². The molecule has 0 aromatic heterocycles. The number of thiocarbonyl (C=S) groups is 1. The third kappa shape index (κ3) is 3.65. The Bertz CT molecular complexity index is 450. The van der Waals surface area contributed by atoms with Gasteiger partial charge in [0.1, 0.15) is 5.92 Å². The molecule has 0 aliphatic rings. The van der Waals surface area contributed by atoms with Crippen molar-refractivity contribution in [1.82, 2.24) is 0 Å². The average molecular weight is 247 g/mol. The Labute approximate surface area is 106 Å². The lowest BCUT2D eigenvalue weighted by Gasteiger charge is -2.14. The minimum absolute atomic E-state index is 0.104. The molecule has 4 heteroatoms. The number of carboxylic acid groups (broad SMARTS) is 1. The highest BCUT2D eigenvalue weighted by atomic mass is 32.1. The Hall–Kier alpha value is -1.73. The van der Waals surface area contributed by atoms with E-state index in [1.54, 1.807) is 6.07 Å². The molecule has 0 saturated heterocycles. The summed E-state index contributed by atoms with van der Waals surface area (Å²) >= 11 is 5.29. The fraction of sp³-hybridized carbons (Fsp3) is 0.308. The van der Waals surface area contributed by atoms with Crippen LogP contribution in [0.3, 0.4) is 0 Å². The Balaban J connectivity index is 2.72. The first-order valence-electron chi connectivity index (χ1n) is 5.28. The Kier molecular flexibility index (Phi) is 4.80. The predicted molar refractivity (Wildman–Crippen MR) is 68.7 cm³/mol. The number of carbonyl (C=O) groups is 1. The van der Waals surface area contributed by atoms with Crippen molar-refractivity contribution >= 4 is 23.1 Å². The van der Waals surface area contributed by atoms with E-state index in [0.29, 0.717) is 4.86 Å². The molecule has 0 aliphatic heterocycles. The largest absolute Gasteiger partial charge is 0.480 e. The molecule has 0 radical (unpaired) electrons. The van der Waals surface area contributed by atoms with Crippen molar-refractivity contribution in [3.8, 4) is 6.07 Å². The first-order chi connectivity index (χ1) is 8.06. The second kappa shape index (κ2) is 6.12. The van der Waals surface area contributed by atoms with Gasteiger partial charge in [0.05, 0.1) is 6.07 Å². The molecule has 3 nitrogen and oxygen atoms in total. The van der Waals surface area contributed by atoms with Gasteiger partial charge in [0, 0.05) is 4.86 Å². The fourth-order valence-corrected chi connectivity index (χ4v) is 1.79. The van der Waals surface area contributed by atoms with Gasteiger partial charge < -0.3 is 5.11 Å². The van der Waals surface area contributed by atoms with E-state index in [0.717, 1.165) is 5.56 Å². The lowest BCUT2D eigenvalue weighted by Crippen LogP contribution is -2.19. The van der Waals surface area contributed by atoms with Crippen LogP contribution in [-0.4, -0.2) is 15.9 Å². The van der Waals surface area contributed by atoms with Crippen molar-refractivity contribution in [3.05, 3.63) is 35.9 Å². The molecule has 17 heavy (non-hydrogen) atoms. The predicted octanol–water partition coefficient (Wildman–Crippen LogP) is 2.66. The first kappa shape index (κ1) is 13.3. The molecular formula is C13H13NO2S. The molecule has 1 N–H and O–H groups in total. The third-order valence-electron chi connectivity index (χ3n) is 2.55. The second-order valence-electron chi connectivity index (χ2n) is 3.89. The lowest BCUT2D eigenvalue weighted by molar-refractivity contribution is -0.140.